The average molecular weight is 405 g/mol. The summed E-state index contributed by atoms with van der Waals surface area (Å²) in [5.74, 6) is 1.35. The van der Waals surface area contributed by atoms with Gasteiger partial charge in [-0.3, -0.25) is 9.36 Å². The summed E-state index contributed by atoms with van der Waals surface area (Å²) in [6, 6.07) is 12.4. The highest BCUT2D eigenvalue weighted by Crippen LogP contribution is 2.17. The van der Waals surface area contributed by atoms with Gasteiger partial charge in [0.1, 0.15) is 24.2 Å². The monoisotopic (exact) mass is 404 g/mol. The van der Waals surface area contributed by atoms with Crippen molar-refractivity contribution in [2.24, 2.45) is 0 Å². The molecular weight excluding hydrogens is 388 g/mol. The average Bonchev–Trinajstić information content (AvgIpc) is 2.63. The van der Waals surface area contributed by atoms with Crippen LogP contribution in [0.2, 0.25) is 0 Å². The molecule has 0 aliphatic heterocycles. The first-order chi connectivity index (χ1) is 12.1. The van der Waals surface area contributed by atoms with Crippen LogP contribution in [0.25, 0.3) is 10.9 Å². The van der Waals surface area contributed by atoms with E-state index >= 15 is 0 Å². The molecule has 0 aliphatic rings. The summed E-state index contributed by atoms with van der Waals surface area (Å²) in [4.78, 5) is 16.7. The van der Waals surface area contributed by atoms with E-state index in [2.05, 4.69) is 20.9 Å². The highest BCUT2D eigenvalue weighted by atomic mass is 79.9. The van der Waals surface area contributed by atoms with Gasteiger partial charge in [-0.15, -0.1) is 0 Å². The number of aliphatic hydroxyl groups is 1. The van der Waals surface area contributed by atoms with E-state index < -0.39 is 6.10 Å². The summed E-state index contributed by atoms with van der Waals surface area (Å²) < 4.78 is 12.8. The zero-order valence-electron chi connectivity index (χ0n) is 13.6. The van der Waals surface area contributed by atoms with Gasteiger partial charge in [0.15, 0.2) is 0 Å². The maximum atomic E-state index is 12.5. The van der Waals surface area contributed by atoms with Crippen LogP contribution in [0.1, 0.15) is 0 Å². The van der Waals surface area contributed by atoms with E-state index in [4.69, 9.17) is 9.47 Å². The van der Waals surface area contributed by atoms with Gasteiger partial charge in [-0.2, -0.15) is 0 Å². The van der Waals surface area contributed by atoms with E-state index in [1.54, 1.807) is 43.5 Å². The standard InChI is InChI=1S/C18H17BrN2O4/c1-24-14-3-5-15(6-4-14)25-10-13(22)9-21-11-20-17-7-2-12(19)8-16(17)18(21)23/h2-8,11,13,22H,9-10H2,1H3. The highest BCUT2D eigenvalue weighted by molar-refractivity contribution is 9.10. The van der Waals surface area contributed by atoms with Crippen LogP contribution in [0.15, 0.2) is 58.1 Å². The number of rotatable bonds is 6. The summed E-state index contributed by atoms with van der Waals surface area (Å²) in [7, 11) is 1.59. The van der Waals surface area contributed by atoms with E-state index in [-0.39, 0.29) is 18.7 Å². The molecular formula is C18H17BrN2O4. The SMILES string of the molecule is COc1ccc(OCC(O)Cn2cnc3ccc(Br)cc3c2=O)cc1. The molecule has 1 aromatic heterocycles. The Morgan fingerprint density at radius 2 is 1.92 bits per heavy atom. The van der Waals surface area contributed by atoms with Crippen LogP contribution in [-0.2, 0) is 6.54 Å². The van der Waals surface area contributed by atoms with E-state index in [0.717, 1.165) is 10.2 Å². The minimum absolute atomic E-state index is 0.0648. The summed E-state index contributed by atoms with van der Waals surface area (Å²) in [6.45, 7) is 0.166. The number of ether oxygens (including phenoxy) is 2. The van der Waals surface area contributed by atoms with E-state index in [1.165, 1.54) is 10.9 Å². The number of hydrogen-bond donors (Lipinski definition) is 1. The van der Waals surface area contributed by atoms with Gasteiger partial charge in [-0.25, -0.2) is 4.98 Å². The van der Waals surface area contributed by atoms with Crippen LogP contribution >= 0.6 is 15.9 Å². The van der Waals surface area contributed by atoms with Crippen molar-refractivity contribution in [3.8, 4) is 11.5 Å². The normalized spacial score (nSPS) is 12.1. The lowest BCUT2D eigenvalue weighted by atomic mass is 10.2. The minimum Gasteiger partial charge on any atom is -0.497 e. The molecule has 1 unspecified atom stereocenters. The predicted octanol–water partition coefficient (Wildman–Crippen LogP) is 2.61. The number of hydrogen-bond acceptors (Lipinski definition) is 5. The van der Waals surface area contributed by atoms with Crippen molar-refractivity contribution >= 4 is 26.8 Å². The van der Waals surface area contributed by atoms with Crippen molar-refractivity contribution in [2.75, 3.05) is 13.7 Å². The van der Waals surface area contributed by atoms with Crippen molar-refractivity contribution in [3.05, 3.63) is 63.6 Å². The molecule has 3 aromatic rings. The van der Waals surface area contributed by atoms with Gasteiger partial charge in [-0.05, 0) is 42.5 Å². The van der Waals surface area contributed by atoms with Crippen molar-refractivity contribution in [2.45, 2.75) is 12.6 Å². The molecule has 7 heteroatoms. The van der Waals surface area contributed by atoms with E-state index in [0.29, 0.717) is 16.7 Å². The van der Waals surface area contributed by atoms with E-state index in [1.807, 2.05) is 6.07 Å². The molecule has 0 saturated heterocycles. The molecule has 6 nitrogen and oxygen atoms in total. The number of benzene rings is 2. The van der Waals surface area contributed by atoms with Crippen LogP contribution in [-0.4, -0.2) is 34.5 Å². The van der Waals surface area contributed by atoms with Crippen molar-refractivity contribution in [1.29, 1.82) is 0 Å². The maximum Gasteiger partial charge on any atom is 0.261 e. The first-order valence-electron chi connectivity index (χ1n) is 7.66. The van der Waals surface area contributed by atoms with Crippen molar-refractivity contribution < 1.29 is 14.6 Å². The number of nitrogens with zero attached hydrogens (tertiary/aromatic N) is 2. The predicted molar refractivity (Wildman–Crippen MR) is 98.2 cm³/mol. The van der Waals surface area contributed by atoms with Crippen LogP contribution < -0.4 is 15.0 Å². The number of aliphatic hydroxyl groups excluding tert-OH is 1. The number of methoxy groups -OCH3 is 1. The third-order valence-electron chi connectivity index (χ3n) is 3.70. The number of fused-ring (bicyclic) bond motifs is 1. The Morgan fingerprint density at radius 1 is 1.20 bits per heavy atom. The molecule has 25 heavy (non-hydrogen) atoms. The fourth-order valence-electron chi connectivity index (χ4n) is 2.41. The molecule has 0 spiro atoms. The summed E-state index contributed by atoms with van der Waals surface area (Å²) in [5, 5.41) is 10.7. The fraction of sp³-hybridized carbons (Fsp3) is 0.222. The third-order valence-corrected chi connectivity index (χ3v) is 4.19. The quantitative estimate of drug-likeness (QED) is 0.683. The van der Waals surface area contributed by atoms with Crippen molar-refractivity contribution in [1.82, 2.24) is 9.55 Å². The Morgan fingerprint density at radius 3 is 2.64 bits per heavy atom. The van der Waals surface area contributed by atoms with Gasteiger partial charge >= 0.3 is 0 Å². The van der Waals surface area contributed by atoms with Gasteiger partial charge in [0, 0.05) is 4.47 Å². The minimum atomic E-state index is -0.841. The van der Waals surface area contributed by atoms with Crippen molar-refractivity contribution in [3.63, 3.8) is 0 Å². The van der Waals surface area contributed by atoms with Crippen LogP contribution in [0.3, 0.4) is 0 Å². The second-order valence-electron chi connectivity index (χ2n) is 5.50. The molecule has 1 N–H and O–H groups in total. The molecule has 130 valence electrons. The topological polar surface area (TPSA) is 73.6 Å². The number of halogens is 1. The summed E-state index contributed by atoms with van der Waals surface area (Å²) in [6.07, 6.45) is 0.598. The molecule has 3 rings (SSSR count). The molecule has 2 aromatic carbocycles. The molecule has 1 heterocycles. The Kier molecular flexibility index (Phi) is 5.35. The smallest absolute Gasteiger partial charge is 0.261 e. The largest absolute Gasteiger partial charge is 0.497 e. The third kappa shape index (κ3) is 4.18. The van der Waals surface area contributed by atoms with Crippen LogP contribution in [0, 0.1) is 0 Å². The van der Waals surface area contributed by atoms with Gasteiger partial charge in [0.05, 0.1) is 30.9 Å². The zero-order valence-corrected chi connectivity index (χ0v) is 15.1. The van der Waals surface area contributed by atoms with Gasteiger partial charge < -0.3 is 14.6 Å². The van der Waals surface area contributed by atoms with Gasteiger partial charge in [0.25, 0.3) is 5.56 Å². The second kappa shape index (κ2) is 7.67. The fourth-order valence-corrected chi connectivity index (χ4v) is 2.77. The summed E-state index contributed by atoms with van der Waals surface area (Å²) >= 11 is 3.35. The zero-order chi connectivity index (χ0) is 17.8. The Bertz CT molecular complexity index is 925. The maximum absolute atomic E-state index is 12.5. The molecule has 0 saturated carbocycles. The van der Waals surface area contributed by atoms with Crippen LogP contribution in [0.5, 0.6) is 11.5 Å². The first kappa shape index (κ1) is 17.4. The molecule has 0 bridgehead atoms. The first-order valence-corrected chi connectivity index (χ1v) is 8.46. The molecule has 0 radical (unpaired) electrons. The molecule has 0 fully saturated rings. The highest BCUT2D eigenvalue weighted by Gasteiger charge is 2.10. The van der Waals surface area contributed by atoms with Gasteiger partial charge in [-0.1, -0.05) is 15.9 Å². The number of aromatic nitrogens is 2. The second-order valence-corrected chi connectivity index (χ2v) is 6.42. The lowest BCUT2D eigenvalue weighted by Gasteiger charge is -2.14. The Labute approximate surface area is 152 Å². The molecule has 0 aliphatic carbocycles. The lowest BCUT2D eigenvalue weighted by molar-refractivity contribution is 0.0914. The molecule has 0 amide bonds. The Balaban J connectivity index is 1.68. The van der Waals surface area contributed by atoms with E-state index in [9.17, 15) is 9.90 Å². The van der Waals surface area contributed by atoms with Gasteiger partial charge in [0.2, 0.25) is 0 Å². The van der Waals surface area contributed by atoms with Crippen LogP contribution in [0.4, 0.5) is 0 Å². The lowest BCUT2D eigenvalue weighted by Crippen LogP contribution is -2.30. The molecule has 1 atom stereocenters. The Hall–Kier alpha value is -2.38. The summed E-state index contributed by atoms with van der Waals surface area (Å²) in [5.41, 5.74) is 0.420.